The van der Waals surface area contributed by atoms with Crippen LogP contribution in [0.15, 0.2) is 37.2 Å². The first-order chi connectivity index (χ1) is 66.9. The van der Waals surface area contributed by atoms with Crippen LogP contribution in [0, 0.1) is 136 Å². The van der Waals surface area contributed by atoms with Crippen molar-refractivity contribution in [3.8, 4) is 23.7 Å². The highest BCUT2D eigenvalue weighted by molar-refractivity contribution is 5.30. The number of hydrogen-bond donors (Lipinski definition) is 0. The molecule has 834 valence electrons. The van der Waals surface area contributed by atoms with E-state index in [4.69, 9.17) is 37.9 Å². The average Bonchev–Trinajstić information content (AvgIpc) is 1.89. The Hall–Kier alpha value is -3.69. The van der Waals surface area contributed by atoms with Crippen LogP contribution in [0.25, 0.3) is 0 Å². The maximum absolute atomic E-state index is 5.50. The zero-order chi connectivity index (χ0) is 107. The molecule has 0 N–H and O–H groups in total. The van der Waals surface area contributed by atoms with Crippen molar-refractivity contribution in [3.63, 3.8) is 0 Å². The summed E-state index contributed by atoms with van der Waals surface area (Å²) in [6, 6.07) is 0. The van der Waals surface area contributed by atoms with E-state index in [0.717, 1.165) is 232 Å². The van der Waals surface area contributed by atoms with Crippen LogP contribution in [0.1, 0.15) is 439 Å². The number of piperidine rings is 1. The van der Waals surface area contributed by atoms with Crippen molar-refractivity contribution in [2.75, 3.05) is 165 Å². The van der Waals surface area contributed by atoms with Gasteiger partial charge < -0.3 is 52.6 Å². The zero-order valence-electron chi connectivity index (χ0n) is 101. The van der Waals surface area contributed by atoms with Crippen LogP contribution in [-0.2, 0) is 63.9 Å². The molecule has 17 nitrogen and oxygen atoms in total. The predicted octanol–water partition coefficient (Wildman–Crippen LogP) is 31.8. The lowest BCUT2D eigenvalue weighted by molar-refractivity contribution is 0.0112. The molecule has 0 unspecified atom stereocenters. The molecule has 0 aromatic carbocycles. The number of piperazine rings is 1. The second-order valence-corrected chi connectivity index (χ2v) is 48.4. The molecule has 2 aliphatic rings. The maximum atomic E-state index is 5.50. The van der Waals surface area contributed by atoms with E-state index >= 15 is 0 Å². The summed E-state index contributed by atoms with van der Waals surface area (Å²) in [5.74, 6) is 27.4. The topological polar surface area (TPSA) is 137 Å². The van der Waals surface area contributed by atoms with Crippen molar-refractivity contribution in [2.45, 2.75) is 449 Å². The summed E-state index contributed by atoms with van der Waals surface area (Å²) in [5.41, 5.74) is 3.47. The molecule has 5 rings (SSSR count). The molecule has 0 spiro atoms. The molecule has 141 heavy (non-hydrogen) atoms. The Balaban J connectivity index is -0.000000750. The Morgan fingerprint density at radius 3 is 0.950 bits per heavy atom. The molecular weight excluding hydrogens is 1740 g/mol. The lowest BCUT2D eigenvalue weighted by Crippen LogP contribution is -2.46. The lowest BCUT2D eigenvalue weighted by atomic mass is 9.89. The Morgan fingerprint density at radius 2 is 0.560 bits per heavy atom. The van der Waals surface area contributed by atoms with Gasteiger partial charge in [-0.15, -0.1) is 0 Å². The average molecular weight is 1990 g/mol. The van der Waals surface area contributed by atoms with Gasteiger partial charge in [0.25, 0.3) is 0 Å². The summed E-state index contributed by atoms with van der Waals surface area (Å²) in [6.45, 7) is 108. The van der Waals surface area contributed by atoms with Gasteiger partial charge in [0.2, 0.25) is 0 Å². The van der Waals surface area contributed by atoms with E-state index < -0.39 is 0 Å². The molecule has 17 heteroatoms. The van der Waals surface area contributed by atoms with Crippen molar-refractivity contribution in [3.05, 3.63) is 53.9 Å². The van der Waals surface area contributed by atoms with Gasteiger partial charge in [0.15, 0.2) is 0 Å². The molecule has 0 amide bonds. The Bertz CT molecular complexity index is 3000. The molecule has 3 aromatic rings. The number of unbranched alkanes of at least 4 members (excludes halogenated alkanes) is 4. The van der Waals surface area contributed by atoms with Crippen LogP contribution in [-0.4, -0.2) is 209 Å². The molecule has 0 saturated carbocycles. The van der Waals surface area contributed by atoms with E-state index in [1.807, 2.05) is 34.2 Å². The third kappa shape index (κ3) is 116. The van der Waals surface area contributed by atoms with Crippen molar-refractivity contribution >= 4 is 0 Å². The first-order valence-corrected chi connectivity index (χ1v) is 58.7. The second-order valence-electron chi connectivity index (χ2n) is 48.4. The number of nitrogens with zero attached hydrogens (tertiary/aromatic N) is 9. The molecule has 0 radical (unpaired) electrons. The Labute approximate surface area is 880 Å². The van der Waals surface area contributed by atoms with Gasteiger partial charge in [-0.2, -0.15) is 15.3 Å². The minimum Gasteiger partial charge on any atom is -0.381 e. The smallest absolute Gasteiger partial charge is 0.0701 e. The highest BCUT2D eigenvalue weighted by atomic mass is 16.5. The number of likely N-dealkylation sites (tertiary alicyclic amines) is 1. The molecule has 3 aromatic heterocycles. The van der Waals surface area contributed by atoms with Crippen LogP contribution in [0.3, 0.4) is 0 Å². The Morgan fingerprint density at radius 1 is 0.248 bits per heavy atom. The van der Waals surface area contributed by atoms with Gasteiger partial charge in [-0.1, -0.05) is 324 Å². The molecule has 0 aliphatic carbocycles. The minimum atomic E-state index is 0.621. The van der Waals surface area contributed by atoms with Crippen LogP contribution < -0.4 is 0 Å². The normalized spacial score (nSPS) is 13.3. The quantitative estimate of drug-likeness (QED) is 0.0391. The highest BCUT2D eigenvalue weighted by Gasteiger charge is 2.20. The summed E-state index contributed by atoms with van der Waals surface area (Å²) in [5, 5.41) is 13.0. The van der Waals surface area contributed by atoms with E-state index in [-0.39, 0.29) is 0 Å². The largest absolute Gasteiger partial charge is 0.381 e. The number of hydrogen-bond acceptors (Lipinski definition) is 14. The van der Waals surface area contributed by atoms with Crippen molar-refractivity contribution in [1.82, 2.24) is 44.0 Å². The van der Waals surface area contributed by atoms with E-state index in [1.54, 1.807) is 0 Å². The summed E-state index contributed by atoms with van der Waals surface area (Å²) in [7, 11) is 0. The monoisotopic (exact) mass is 1990 g/mol. The second kappa shape index (κ2) is 101. The fraction of sp³-hybridized carbons (Fsp3) is 0.895. The number of rotatable bonds is 68. The molecule has 5 heterocycles. The Kier molecular flexibility index (Phi) is 103. The third-order valence-corrected chi connectivity index (χ3v) is 23.9. The summed E-state index contributed by atoms with van der Waals surface area (Å²) in [6.07, 6.45) is 47.7. The summed E-state index contributed by atoms with van der Waals surface area (Å²) < 4.78 is 49.4. The van der Waals surface area contributed by atoms with Gasteiger partial charge in [-0.05, 0) is 266 Å². The summed E-state index contributed by atoms with van der Waals surface area (Å²) in [4.78, 5) is 7.97. The van der Waals surface area contributed by atoms with E-state index in [2.05, 4.69) is 320 Å². The molecule has 0 atom stereocenters. The van der Waals surface area contributed by atoms with Gasteiger partial charge in [0.05, 0.1) is 82.6 Å². The van der Waals surface area contributed by atoms with Gasteiger partial charge in [0, 0.05) is 130 Å². The first-order valence-electron chi connectivity index (χ1n) is 58.7. The zero-order valence-corrected chi connectivity index (χ0v) is 101. The third-order valence-electron chi connectivity index (χ3n) is 23.9. The first kappa shape index (κ1) is 144. The fourth-order valence-electron chi connectivity index (χ4n) is 14.5. The van der Waals surface area contributed by atoms with Crippen LogP contribution in [0.5, 0.6) is 0 Å². The van der Waals surface area contributed by atoms with Gasteiger partial charge >= 0.3 is 0 Å². The van der Waals surface area contributed by atoms with Crippen LogP contribution in [0.2, 0.25) is 0 Å². The van der Waals surface area contributed by atoms with Crippen molar-refractivity contribution in [1.29, 1.82) is 0 Å². The minimum absolute atomic E-state index is 0.621. The number of aryl methyl sites for hydroxylation is 2. The summed E-state index contributed by atoms with van der Waals surface area (Å²) >= 11 is 0. The maximum Gasteiger partial charge on any atom is 0.0701 e. The van der Waals surface area contributed by atoms with E-state index in [9.17, 15) is 0 Å². The van der Waals surface area contributed by atoms with E-state index in [1.165, 1.54) is 199 Å². The highest BCUT2D eigenvalue weighted by Crippen LogP contribution is 2.25. The number of aromatic nitrogens is 6. The van der Waals surface area contributed by atoms with Gasteiger partial charge in [-0.25, -0.2) is 0 Å². The molecular formula is C124H245N9O8. The van der Waals surface area contributed by atoms with Crippen LogP contribution in [0.4, 0.5) is 0 Å². The van der Waals surface area contributed by atoms with Gasteiger partial charge in [0.1, 0.15) is 0 Å². The molecule has 0 bridgehead atoms. The van der Waals surface area contributed by atoms with Crippen molar-refractivity contribution < 1.29 is 37.9 Å². The van der Waals surface area contributed by atoms with Crippen molar-refractivity contribution in [2.24, 2.45) is 112 Å². The number of ether oxygens (including phenoxy) is 8. The predicted molar refractivity (Wildman–Crippen MR) is 615 cm³/mol. The van der Waals surface area contributed by atoms with E-state index in [0.29, 0.717) is 61.9 Å². The SMILES string of the molecule is CC(C)CCC#Cc1cnn(CC(C)C)c1.CC(C)CCCC#Cc1cnn(CCC(C)C)c1.CC(C)CCCCCOCC(C)C.CC(C)CCCCc1cnn(CC(C)C)c1.CC(C)CCCN1CCC(CCC(C)C)CC1.CC(C)CCCN1CCN(CCC(C)C)CC1.CC(C)CCOCCOCC(C)C.CC(C)CCOCCOCCC(C)C.CC(C)CCOCCOCCOCCC(C)C. The standard InChI is InChI=1S/C16H26N2.C16H33N.C15H32N2.C14H26N2.C14H22N2.C14H30O3.C12H26O2.C12H26O.C11H24O2/c1-14(2)8-6-5-7-9-16-12-17-18(13-16)11-10-15(3)4;1-14(2)6-5-11-17-12-9-16(10-13-17)8-7-15(3)4;1-14(2)6-5-8-16-10-12-17(13-11-16)9-7-15(3)4;2*1-12(2)7-5-6-8-14-9-15-16(11-14)10-13(3)4;1-13(2)5-7-15-9-11-17-12-10-16-8-6-14(3)4;1-11(2)5-7-13-9-10-14-8-6-12(3)4;1-11(2)8-6-5-7-9-13-10-12(3)4;1-10(2)5-6-12-7-8-13-9-11(3)4/h12-15H,5-6,8,10-11H2,1-4H3;14-16H,5-13H2,1-4H3;14-15H,5-13H2,1-4H3;9,11-13H,5-8,10H2,1-4H3;9,11-13H,5,7,10H2,1-4H3;13-14H,5-12H2,1-4H3;11-12H,5-10H2,1-4H3;11-12H,5-10H2,1-4H3;10-11H,5-9H2,1-4H3. The lowest BCUT2D eigenvalue weighted by Gasteiger charge is -2.35. The molecule has 2 fully saturated rings. The van der Waals surface area contributed by atoms with Crippen LogP contribution >= 0.6 is 0 Å². The molecule has 2 saturated heterocycles. The fourth-order valence-corrected chi connectivity index (χ4v) is 14.5. The van der Waals surface area contributed by atoms with Gasteiger partial charge in [-0.3, -0.25) is 14.0 Å². The molecule has 2 aliphatic heterocycles.